The van der Waals surface area contributed by atoms with E-state index in [2.05, 4.69) is 36.0 Å². The summed E-state index contributed by atoms with van der Waals surface area (Å²) in [4.78, 5) is 2.26. The Bertz CT molecular complexity index is 809. The van der Waals surface area contributed by atoms with Crippen LogP contribution in [0, 0.1) is 13.8 Å². The van der Waals surface area contributed by atoms with Crippen molar-refractivity contribution >= 4 is 10.2 Å². The highest BCUT2D eigenvalue weighted by atomic mass is 32.2. The van der Waals surface area contributed by atoms with Crippen molar-refractivity contribution in [3.05, 3.63) is 47.3 Å². The molecule has 1 aliphatic rings. The van der Waals surface area contributed by atoms with E-state index in [9.17, 15) is 8.42 Å². The van der Waals surface area contributed by atoms with Crippen molar-refractivity contribution in [3.8, 4) is 5.69 Å². The molecular formula is C16H23N5O2S. The van der Waals surface area contributed by atoms with Crippen LogP contribution in [0.5, 0.6) is 0 Å². The van der Waals surface area contributed by atoms with Gasteiger partial charge in [0.1, 0.15) is 0 Å². The van der Waals surface area contributed by atoms with Gasteiger partial charge in [0.25, 0.3) is 10.2 Å². The monoisotopic (exact) mass is 349 g/mol. The van der Waals surface area contributed by atoms with E-state index in [1.165, 1.54) is 21.0 Å². The number of nitrogens with two attached hydrogens (primary N) is 1. The van der Waals surface area contributed by atoms with Gasteiger partial charge >= 0.3 is 0 Å². The summed E-state index contributed by atoms with van der Waals surface area (Å²) in [7, 11) is -3.59. The first-order valence-electron chi connectivity index (χ1n) is 7.95. The third kappa shape index (κ3) is 3.67. The van der Waals surface area contributed by atoms with E-state index in [0.717, 1.165) is 12.2 Å². The molecule has 1 saturated heterocycles. The van der Waals surface area contributed by atoms with E-state index in [4.69, 9.17) is 5.14 Å². The quantitative estimate of drug-likeness (QED) is 0.885. The van der Waals surface area contributed by atoms with Crippen molar-refractivity contribution in [2.24, 2.45) is 5.14 Å². The largest absolute Gasteiger partial charge is 0.296 e. The molecule has 2 heterocycles. The van der Waals surface area contributed by atoms with E-state index in [1.807, 2.05) is 16.9 Å². The van der Waals surface area contributed by atoms with Crippen LogP contribution in [-0.4, -0.2) is 53.6 Å². The highest BCUT2D eigenvalue weighted by Crippen LogP contribution is 2.23. The maximum absolute atomic E-state index is 11.4. The molecule has 1 fully saturated rings. The normalized spacial score (nSPS) is 17.3. The molecule has 130 valence electrons. The second-order valence-corrected chi connectivity index (χ2v) is 7.80. The molecule has 0 unspecified atom stereocenters. The molecule has 0 amide bonds. The van der Waals surface area contributed by atoms with Gasteiger partial charge in [-0.2, -0.15) is 17.8 Å². The standard InChI is InChI=1S/C16H23N5O2S/c1-13-10-14(2)15(16(11-13)21-5-3-4-18-21)12-19-6-8-20(9-7-19)24(17,22)23/h3-5,10-11H,6-9,12H2,1-2H3,(H2,17,22,23). The third-order valence-corrected chi connectivity index (χ3v) is 5.50. The van der Waals surface area contributed by atoms with Crippen LogP contribution in [0.4, 0.5) is 0 Å². The average molecular weight is 349 g/mol. The molecule has 2 aromatic rings. The molecule has 0 spiro atoms. The van der Waals surface area contributed by atoms with Gasteiger partial charge in [0, 0.05) is 45.1 Å². The Balaban J connectivity index is 1.81. The Morgan fingerprint density at radius 1 is 1.17 bits per heavy atom. The van der Waals surface area contributed by atoms with Crippen molar-refractivity contribution in [1.29, 1.82) is 0 Å². The minimum atomic E-state index is -3.59. The van der Waals surface area contributed by atoms with Gasteiger partial charge in [0.05, 0.1) is 5.69 Å². The first-order chi connectivity index (χ1) is 11.3. The summed E-state index contributed by atoms with van der Waals surface area (Å²) in [6.07, 6.45) is 3.71. The fraction of sp³-hybridized carbons (Fsp3) is 0.438. The van der Waals surface area contributed by atoms with Gasteiger partial charge in [-0.1, -0.05) is 6.07 Å². The van der Waals surface area contributed by atoms with Gasteiger partial charge in [0.15, 0.2) is 0 Å². The molecule has 8 heteroatoms. The lowest BCUT2D eigenvalue weighted by Gasteiger charge is -2.33. The Morgan fingerprint density at radius 3 is 2.46 bits per heavy atom. The number of hydrogen-bond acceptors (Lipinski definition) is 4. The van der Waals surface area contributed by atoms with E-state index in [-0.39, 0.29) is 0 Å². The highest BCUT2D eigenvalue weighted by molar-refractivity contribution is 7.86. The maximum Gasteiger partial charge on any atom is 0.276 e. The van der Waals surface area contributed by atoms with Crippen LogP contribution in [0.15, 0.2) is 30.6 Å². The van der Waals surface area contributed by atoms with E-state index >= 15 is 0 Å². The molecule has 1 aromatic carbocycles. The Morgan fingerprint density at radius 2 is 1.88 bits per heavy atom. The Labute approximate surface area is 142 Å². The van der Waals surface area contributed by atoms with Gasteiger partial charge in [-0.05, 0) is 42.7 Å². The summed E-state index contributed by atoms with van der Waals surface area (Å²) in [6, 6.07) is 6.21. The van der Waals surface area contributed by atoms with Gasteiger partial charge in [-0.3, -0.25) is 4.90 Å². The fourth-order valence-electron chi connectivity index (χ4n) is 3.16. The number of nitrogens with zero attached hydrogens (tertiary/aromatic N) is 4. The molecular weight excluding hydrogens is 326 g/mol. The topological polar surface area (TPSA) is 84.5 Å². The van der Waals surface area contributed by atoms with Crippen LogP contribution in [0.2, 0.25) is 0 Å². The van der Waals surface area contributed by atoms with Crippen LogP contribution in [0.25, 0.3) is 5.69 Å². The number of benzene rings is 1. The number of hydrogen-bond donors (Lipinski definition) is 1. The van der Waals surface area contributed by atoms with Crippen molar-refractivity contribution in [2.75, 3.05) is 26.2 Å². The molecule has 2 N–H and O–H groups in total. The smallest absolute Gasteiger partial charge is 0.276 e. The number of piperazine rings is 1. The summed E-state index contributed by atoms with van der Waals surface area (Å²) in [5, 5.41) is 9.57. The highest BCUT2D eigenvalue weighted by Gasteiger charge is 2.24. The molecule has 7 nitrogen and oxygen atoms in total. The average Bonchev–Trinajstić information content (AvgIpc) is 3.03. The fourth-order valence-corrected chi connectivity index (χ4v) is 3.83. The van der Waals surface area contributed by atoms with Gasteiger partial charge in [-0.15, -0.1) is 0 Å². The molecule has 1 aliphatic heterocycles. The maximum atomic E-state index is 11.4. The summed E-state index contributed by atoms with van der Waals surface area (Å²) < 4.78 is 26.1. The lowest BCUT2D eigenvalue weighted by Crippen LogP contribution is -2.50. The van der Waals surface area contributed by atoms with E-state index in [1.54, 1.807) is 6.20 Å². The number of rotatable bonds is 4. The SMILES string of the molecule is Cc1cc(C)c(CN2CCN(S(N)(=O)=O)CC2)c(-n2cccn2)c1. The van der Waals surface area contributed by atoms with E-state index < -0.39 is 10.2 Å². The predicted molar refractivity (Wildman–Crippen MR) is 93.0 cm³/mol. The summed E-state index contributed by atoms with van der Waals surface area (Å²) in [5.74, 6) is 0. The molecule has 3 rings (SSSR count). The first-order valence-corrected chi connectivity index (χ1v) is 9.45. The van der Waals surface area contributed by atoms with Crippen LogP contribution < -0.4 is 5.14 Å². The summed E-state index contributed by atoms with van der Waals surface area (Å²) >= 11 is 0. The van der Waals surface area contributed by atoms with Crippen LogP contribution in [0.1, 0.15) is 16.7 Å². The number of aryl methyl sites for hydroxylation is 2. The zero-order chi connectivity index (χ0) is 17.3. The van der Waals surface area contributed by atoms with Gasteiger partial charge in [0.2, 0.25) is 0 Å². The van der Waals surface area contributed by atoms with Crippen molar-refractivity contribution in [3.63, 3.8) is 0 Å². The lowest BCUT2D eigenvalue weighted by molar-refractivity contribution is 0.181. The lowest BCUT2D eigenvalue weighted by atomic mass is 10.0. The van der Waals surface area contributed by atoms with Crippen LogP contribution >= 0.6 is 0 Å². The molecule has 0 atom stereocenters. The molecule has 0 radical (unpaired) electrons. The molecule has 0 aliphatic carbocycles. The Hall–Kier alpha value is -1.74. The Kier molecular flexibility index (Phi) is 4.73. The van der Waals surface area contributed by atoms with Crippen molar-refractivity contribution in [2.45, 2.75) is 20.4 Å². The number of aromatic nitrogens is 2. The zero-order valence-electron chi connectivity index (χ0n) is 14.0. The second-order valence-electron chi connectivity index (χ2n) is 6.25. The molecule has 24 heavy (non-hydrogen) atoms. The molecule has 1 aromatic heterocycles. The third-order valence-electron chi connectivity index (χ3n) is 4.42. The minimum Gasteiger partial charge on any atom is -0.296 e. The van der Waals surface area contributed by atoms with Crippen molar-refractivity contribution in [1.82, 2.24) is 19.0 Å². The van der Waals surface area contributed by atoms with Gasteiger partial charge < -0.3 is 0 Å². The van der Waals surface area contributed by atoms with E-state index in [0.29, 0.717) is 26.2 Å². The first kappa shape index (κ1) is 17.1. The summed E-state index contributed by atoms with van der Waals surface area (Å²) in [6.45, 7) is 7.15. The minimum absolute atomic E-state index is 0.431. The van der Waals surface area contributed by atoms with Crippen LogP contribution in [0.3, 0.4) is 0 Å². The predicted octanol–water partition coefficient (Wildman–Crippen LogP) is 0.810. The second kappa shape index (κ2) is 6.64. The molecule has 0 saturated carbocycles. The van der Waals surface area contributed by atoms with Gasteiger partial charge in [-0.25, -0.2) is 9.82 Å². The zero-order valence-corrected chi connectivity index (χ0v) is 14.8. The molecule has 0 bridgehead atoms. The van der Waals surface area contributed by atoms with Crippen molar-refractivity contribution < 1.29 is 8.42 Å². The summed E-state index contributed by atoms with van der Waals surface area (Å²) in [5.41, 5.74) is 4.70. The van der Waals surface area contributed by atoms with Crippen LogP contribution in [-0.2, 0) is 16.8 Å².